The number of nitrogens with two attached hydrogens (primary N) is 4. The van der Waals surface area contributed by atoms with Gasteiger partial charge in [-0.1, -0.05) is 0 Å². The summed E-state index contributed by atoms with van der Waals surface area (Å²) in [4.78, 5) is 43.9. The zero-order chi connectivity index (χ0) is 24.4. The molecule has 0 radical (unpaired) electrons. The van der Waals surface area contributed by atoms with Crippen LogP contribution in [0.25, 0.3) is 0 Å². The molecule has 0 spiro atoms. The molecule has 0 aromatic heterocycles. The number of nitrogens with one attached hydrogen (secondary N) is 2. The summed E-state index contributed by atoms with van der Waals surface area (Å²) < 4.78 is 0. The van der Waals surface area contributed by atoms with E-state index in [2.05, 4.69) is 20.6 Å². The smallest absolute Gasteiger partial charge is 0.237 e. The lowest BCUT2D eigenvalue weighted by atomic mass is 10.2. The van der Waals surface area contributed by atoms with Crippen molar-refractivity contribution in [3.05, 3.63) is 0 Å². The fourth-order valence-electron chi connectivity index (χ4n) is 2.18. The van der Waals surface area contributed by atoms with Gasteiger partial charge in [0.05, 0.1) is 23.8 Å². The Hall–Kier alpha value is -0.670. The van der Waals surface area contributed by atoms with Crippen molar-refractivity contribution in [2.24, 2.45) is 32.9 Å². The van der Waals surface area contributed by atoms with Gasteiger partial charge in [-0.25, -0.2) is 0 Å². The van der Waals surface area contributed by atoms with Crippen LogP contribution in [0.15, 0.2) is 9.98 Å². The summed E-state index contributed by atoms with van der Waals surface area (Å²) in [6.07, 6.45) is 0.351. The van der Waals surface area contributed by atoms with Gasteiger partial charge >= 0.3 is 0 Å². The van der Waals surface area contributed by atoms with Crippen molar-refractivity contribution in [3.8, 4) is 0 Å². The third kappa shape index (κ3) is 27.9. The lowest BCUT2D eigenvalue weighted by molar-refractivity contribution is -0.122. The maximum atomic E-state index is 11.9. The van der Waals surface area contributed by atoms with Crippen LogP contribution in [-0.4, -0.2) is 90.5 Å². The fraction of sp³-hybridized carbons (Fsp3) is 0.737. The van der Waals surface area contributed by atoms with E-state index in [1.54, 1.807) is 13.8 Å². The monoisotopic (exact) mass is 634 g/mol. The van der Waals surface area contributed by atoms with Crippen molar-refractivity contribution >= 4 is 102 Å². The van der Waals surface area contributed by atoms with Crippen LogP contribution in [-0.2, 0) is 14.4 Å². The molecule has 0 aliphatic rings. The second-order valence-corrected chi connectivity index (χ2v) is 9.33. The Balaban J connectivity index is -0.000000801. The van der Waals surface area contributed by atoms with Gasteiger partial charge in [-0.2, -0.15) is 23.5 Å². The highest BCUT2D eigenvalue weighted by molar-refractivity contribution is 7.99. The summed E-state index contributed by atoms with van der Waals surface area (Å²) in [5, 5.41) is 5.31. The zero-order valence-corrected chi connectivity index (χ0v) is 25.5. The van der Waals surface area contributed by atoms with E-state index in [1.807, 2.05) is 0 Å². The van der Waals surface area contributed by atoms with E-state index in [0.29, 0.717) is 36.3 Å². The Morgan fingerprint density at radius 3 is 1.36 bits per heavy atom. The molecule has 216 valence electrons. The van der Waals surface area contributed by atoms with Crippen LogP contribution in [0.2, 0.25) is 0 Å². The van der Waals surface area contributed by atoms with E-state index >= 15 is 0 Å². The van der Waals surface area contributed by atoms with E-state index in [4.69, 9.17) is 22.9 Å². The van der Waals surface area contributed by atoms with Crippen LogP contribution < -0.4 is 33.6 Å². The van der Waals surface area contributed by atoms with Crippen LogP contribution in [0.5, 0.6) is 0 Å². The molecule has 0 aromatic carbocycles. The molecule has 0 saturated carbocycles. The highest BCUT2D eigenvalue weighted by Gasteiger charge is 2.15. The van der Waals surface area contributed by atoms with Gasteiger partial charge in [0, 0.05) is 62.0 Å². The number of halogens is 4. The van der Waals surface area contributed by atoms with Crippen molar-refractivity contribution in [2.45, 2.75) is 38.8 Å². The maximum Gasteiger partial charge on any atom is 0.237 e. The third-order valence-corrected chi connectivity index (χ3v) is 6.00. The molecule has 0 saturated heterocycles. The largest absolute Gasteiger partial charge is 0.388 e. The second-order valence-electron chi connectivity index (χ2n) is 7.03. The SMILES string of the molecule is CC(N)=NCCSCC(N)C(=O)NCCC(=O)CCNC(=O)C(N)CSCCN=C(C)N.Cl.Cl.Cl.Cl. The van der Waals surface area contributed by atoms with Crippen LogP contribution >= 0.6 is 73.2 Å². The van der Waals surface area contributed by atoms with Gasteiger partial charge in [0.1, 0.15) is 5.78 Å². The van der Waals surface area contributed by atoms with E-state index in [1.165, 1.54) is 23.5 Å². The third-order valence-electron chi connectivity index (χ3n) is 3.87. The molecule has 0 aliphatic carbocycles. The van der Waals surface area contributed by atoms with Gasteiger partial charge in [-0.3, -0.25) is 24.4 Å². The summed E-state index contributed by atoms with van der Waals surface area (Å²) in [6.45, 7) is 5.02. The molecule has 36 heavy (non-hydrogen) atoms. The van der Waals surface area contributed by atoms with Crippen molar-refractivity contribution in [1.82, 2.24) is 10.6 Å². The average Bonchev–Trinajstić information content (AvgIpc) is 2.72. The van der Waals surface area contributed by atoms with Gasteiger partial charge in [0.25, 0.3) is 0 Å². The number of amides is 2. The van der Waals surface area contributed by atoms with Crippen LogP contribution in [0.1, 0.15) is 26.7 Å². The van der Waals surface area contributed by atoms with Gasteiger partial charge in [-0.15, -0.1) is 49.6 Å². The van der Waals surface area contributed by atoms with Gasteiger partial charge in [0.15, 0.2) is 0 Å². The van der Waals surface area contributed by atoms with Gasteiger partial charge in [0.2, 0.25) is 11.8 Å². The number of nitrogens with zero attached hydrogens (tertiary/aromatic N) is 2. The standard InChI is InChI=1S/C19H38N8O3S2.4ClH/c1-13(20)24-7-9-31-11-16(22)18(29)26-5-3-15(28)4-6-27-19(30)17(23)12-32-10-8-25-14(2)21;;;;/h16-17H,3-12,22-23H2,1-2H3,(H2,20,24)(H2,21,25)(H,26,29)(H,27,30);4*1H. The van der Waals surface area contributed by atoms with Crippen molar-refractivity contribution in [3.63, 3.8) is 0 Å². The minimum Gasteiger partial charge on any atom is -0.388 e. The Labute approximate surface area is 247 Å². The number of amidine groups is 2. The van der Waals surface area contributed by atoms with E-state index < -0.39 is 12.1 Å². The summed E-state index contributed by atoms with van der Waals surface area (Å²) in [5.74, 6) is 2.77. The molecule has 0 rings (SSSR count). The quantitative estimate of drug-likeness (QED) is 0.0687. The van der Waals surface area contributed by atoms with E-state index in [9.17, 15) is 14.4 Å². The molecule has 2 atom stereocenters. The molecule has 0 aromatic rings. The number of thioether (sulfide) groups is 2. The number of hydrogen-bond acceptors (Lipinski definition) is 9. The maximum absolute atomic E-state index is 11.9. The minimum absolute atomic E-state index is 0. The van der Waals surface area contributed by atoms with E-state index in [-0.39, 0.29) is 93.2 Å². The molecule has 0 aliphatic heterocycles. The molecule has 2 unspecified atom stereocenters. The number of ketones is 1. The Kier molecular flexibility index (Phi) is 36.3. The molecular formula is C19H42Cl4N8O3S2. The fourth-order valence-corrected chi connectivity index (χ4v) is 3.77. The average molecular weight is 637 g/mol. The molecule has 11 nitrogen and oxygen atoms in total. The molecule has 10 N–H and O–H groups in total. The molecule has 0 fully saturated rings. The van der Waals surface area contributed by atoms with Crippen LogP contribution in [0.4, 0.5) is 0 Å². The second kappa shape index (κ2) is 28.9. The predicted octanol–water partition coefficient (Wildman–Crippen LogP) is 0.131. The Morgan fingerprint density at radius 1 is 0.722 bits per heavy atom. The number of carbonyl (C=O) groups is 3. The van der Waals surface area contributed by atoms with Gasteiger partial charge < -0.3 is 33.6 Å². The molecule has 0 bridgehead atoms. The summed E-state index contributed by atoms with van der Waals surface area (Å²) in [5.41, 5.74) is 22.6. The normalized spacial score (nSPS) is 12.4. The number of carbonyl (C=O) groups excluding carboxylic acids is 3. The minimum atomic E-state index is -0.650. The van der Waals surface area contributed by atoms with Crippen molar-refractivity contribution in [2.75, 3.05) is 49.2 Å². The highest BCUT2D eigenvalue weighted by Crippen LogP contribution is 2.03. The molecule has 17 heteroatoms. The van der Waals surface area contributed by atoms with E-state index in [0.717, 1.165) is 11.5 Å². The predicted molar refractivity (Wildman–Crippen MR) is 164 cm³/mol. The van der Waals surface area contributed by atoms with Crippen molar-refractivity contribution in [1.29, 1.82) is 0 Å². The molecular weight excluding hydrogens is 594 g/mol. The lowest BCUT2D eigenvalue weighted by Crippen LogP contribution is -2.43. The summed E-state index contributed by atoms with van der Waals surface area (Å²) in [6, 6.07) is -1.30. The highest BCUT2D eigenvalue weighted by atomic mass is 35.5. The number of Topliss-reactive ketones (excluding diaryl/α,β-unsaturated/α-hetero) is 1. The summed E-state index contributed by atoms with van der Waals surface area (Å²) in [7, 11) is 0. The molecule has 2 amide bonds. The zero-order valence-electron chi connectivity index (χ0n) is 20.6. The number of aliphatic imine (C=N–C) groups is 2. The number of rotatable bonds is 18. The molecule has 0 heterocycles. The Morgan fingerprint density at radius 2 is 1.06 bits per heavy atom. The van der Waals surface area contributed by atoms with Crippen LogP contribution in [0, 0.1) is 0 Å². The lowest BCUT2D eigenvalue weighted by Gasteiger charge is -2.12. The first-order chi connectivity index (χ1) is 15.1. The first-order valence-electron chi connectivity index (χ1n) is 10.4. The summed E-state index contributed by atoms with van der Waals surface area (Å²) >= 11 is 3.04. The van der Waals surface area contributed by atoms with Crippen molar-refractivity contribution < 1.29 is 14.4 Å². The van der Waals surface area contributed by atoms with Gasteiger partial charge in [-0.05, 0) is 13.8 Å². The first-order valence-corrected chi connectivity index (χ1v) is 12.7. The first kappa shape index (κ1) is 45.3. The van der Waals surface area contributed by atoms with Crippen LogP contribution in [0.3, 0.4) is 0 Å². The Bertz CT molecular complexity index is 604. The number of hydrogen-bond donors (Lipinski definition) is 6. The topological polar surface area (TPSA) is 204 Å².